The molecule has 170 valence electrons. The Morgan fingerprint density at radius 3 is 2.75 bits per heavy atom. The lowest BCUT2D eigenvalue weighted by Gasteiger charge is -2.18. The van der Waals surface area contributed by atoms with Crippen molar-refractivity contribution < 1.29 is 31.9 Å². The molecule has 0 aliphatic heterocycles. The number of ether oxygens (including phenoxy) is 2. The monoisotopic (exact) mass is 447 g/mol. The lowest BCUT2D eigenvalue weighted by molar-refractivity contribution is -0.126. The molecule has 0 saturated carbocycles. The van der Waals surface area contributed by atoms with Gasteiger partial charge in [0.1, 0.15) is 0 Å². The van der Waals surface area contributed by atoms with Gasteiger partial charge in [-0.3, -0.25) is 4.79 Å². The fourth-order valence-electron chi connectivity index (χ4n) is 2.88. The molecule has 0 N–H and O–H groups in total. The average Bonchev–Trinajstić information content (AvgIpc) is 3.45. The summed E-state index contributed by atoms with van der Waals surface area (Å²) in [6.45, 7) is 1.61. The van der Waals surface area contributed by atoms with Gasteiger partial charge in [-0.05, 0) is 49.2 Å². The Balaban J connectivity index is 1.70. The number of furan rings is 1. The van der Waals surface area contributed by atoms with Crippen molar-refractivity contribution in [3.63, 3.8) is 0 Å². The molecule has 3 rings (SSSR count). The molecule has 0 fully saturated rings. The van der Waals surface area contributed by atoms with Gasteiger partial charge in [-0.25, -0.2) is 0 Å². The summed E-state index contributed by atoms with van der Waals surface area (Å²) in [6, 6.07) is 7.87. The molecule has 32 heavy (non-hydrogen) atoms. The highest BCUT2D eigenvalue weighted by Gasteiger charge is 2.17. The summed E-state index contributed by atoms with van der Waals surface area (Å²) >= 11 is 0. The van der Waals surface area contributed by atoms with Crippen LogP contribution in [-0.4, -0.2) is 40.8 Å². The molecule has 1 aromatic carbocycles. The Hall–Kier alpha value is -3.69. The minimum Gasteiger partial charge on any atom is -0.490 e. The van der Waals surface area contributed by atoms with Gasteiger partial charge in [0.25, 0.3) is 5.89 Å². The van der Waals surface area contributed by atoms with E-state index in [0.29, 0.717) is 17.9 Å². The first-order valence-electron chi connectivity index (χ1n) is 10.0. The second-order valence-corrected chi connectivity index (χ2v) is 6.59. The van der Waals surface area contributed by atoms with E-state index in [0.717, 1.165) is 6.42 Å². The zero-order valence-electron chi connectivity index (χ0n) is 17.7. The molecule has 0 aliphatic rings. The standard InChI is InChI=1S/C22H23F2N3O5/c1-3-11-27(14-19-25-26-21(32-19)17-6-5-12-30-17)20(28)10-8-15-7-9-16(31-22(23)24)18(13-15)29-4-2/h5-10,12-13,22H,3-4,11,14H2,1-2H3/b10-8+. The molecule has 0 saturated heterocycles. The van der Waals surface area contributed by atoms with Gasteiger partial charge in [0.05, 0.1) is 19.4 Å². The predicted octanol–water partition coefficient (Wildman–Crippen LogP) is 4.78. The van der Waals surface area contributed by atoms with E-state index in [-0.39, 0.29) is 42.3 Å². The number of benzene rings is 1. The first-order chi connectivity index (χ1) is 15.5. The molecular formula is C22H23F2N3O5. The van der Waals surface area contributed by atoms with Crippen LogP contribution in [0.5, 0.6) is 11.5 Å². The second-order valence-electron chi connectivity index (χ2n) is 6.59. The number of carbonyl (C=O) groups excluding carboxylic acids is 1. The molecule has 0 unspecified atom stereocenters. The van der Waals surface area contributed by atoms with E-state index in [4.69, 9.17) is 13.6 Å². The van der Waals surface area contributed by atoms with E-state index in [1.165, 1.54) is 24.5 Å². The third-order valence-corrected chi connectivity index (χ3v) is 4.23. The number of alkyl halides is 2. The number of aromatic nitrogens is 2. The first-order valence-corrected chi connectivity index (χ1v) is 10.0. The minimum atomic E-state index is -2.96. The Morgan fingerprint density at radius 1 is 1.22 bits per heavy atom. The van der Waals surface area contributed by atoms with Crippen LogP contribution >= 0.6 is 0 Å². The van der Waals surface area contributed by atoms with Crippen LogP contribution < -0.4 is 9.47 Å². The van der Waals surface area contributed by atoms with E-state index >= 15 is 0 Å². The van der Waals surface area contributed by atoms with Crippen LogP contribution in [-0.2, 0) is 11.3 Å². The topological polar surface area (TPSA) is 90.8 Å². The van der Waals surface area contributed by atoms with Gasteiger partial charge in [0, 0.05) is 12.6 Å². The Bertz CT molecular complexity index is 1030. The van der Waals surface area contributed by atoms with E-state index in [1.54, 1.807) is 36.1 Å². The molecule has 0 atom stereocenters. The summed E-state index contributed by atoms with van der Waals surface area (Å²) in [5, 5.41) is 7.91. The van der Waals surface area contributed by atoms with E-state index < -0.39 is 6.61 Å². The number of amides is 1. The number of hydrogen-bond acceptors (Lipinski definition) is 7. The Morgan fingerprint density at radius 2 is 2.06 bits per heavy atom. The number of halogens is 2. The van der Waals surface area contributed by atoms with E-state index in [1.807, 2.05) is 6.92 Å². The SMILES string of the molecule is CCCN(Cc1nnc(-c2ccco2)o1)C(=O)/C=C/c1ccc(OC(F)F)c(OCC)c1. The number of hydrogen-bond donors (Lipinski definition) is 0. The molecule has 0 spiro atoms. The first kappa shape index (κ1) is 23.0. The quantitative estimate of drug-likeness (QED) is 0.391. The molecule has 8 nitrogen and oxygen atoms in total. The van der Waals surface area contributed by atoms with E-state index in [2.05, 4.69) is 14.9 Å². The Labute approximate surface area is 183 Å². The molecule has 0 radical (unpaired) electrons. The summed E-state index contributed by atoms with van der Waals surface area (Å²) < 4.78 is 45.7. The number of rotatable bonds is 11. The second kappa shape index (κ2) is 11.1. The maximum Gasteiger partial charge on any atom is 0.387 e. The zero-order valence-corrected chi connectivity index (χ0v) is 17.7. The lowest BCUT2D eigenvalue weighted by Crippen LogP contribution is -2.29. The third kappa shape index (κ3) is 6.16. The summed E-state index contributed by atoms with van der Waals surface area (Å²) in [5.74, 6) is 0.792. The van der Waals surface area contributed by atoms with Crippen LogP contribution in [0.25, 0.3) is 17.7 Å². The zero-order chi connectivity index (χ0) is 22.9. The highest BCUT2D eigenvalue weighted by molar-refractivity contribution is 5.91. The summed E-state index contributed by atoms with van der Waals surface area (Å²) in [4.78, 5) is 14.3. The average molecular weight is 447 g/mol. The molecule has 3 aromatic rings. The van der Waals surface area contributed by atoms with Gasteiger partial charge in [0.15, 0.2) is 17.3 Å². The van der Waals surface area contributed by atoms with Crippen molar-refractivity contribution in [1.29, 1.82) is 0 Å². The van der Waals surface area contributed by atoms with Crippen LogP contribution in [0.3, 0.4) is 0 Å². The van der Waals surface area contributed by atoms with Crippen molar-refractivity contribution in [2.24, 2.45) is 0 Å². The van der Waals surface area contributed by atoms with Crippen molar-refractivity contribution in [3.05, 3.63) is 54.1 Å². The fourth-order valence-corrected chi connectivity index (χ4v) is 2.88. The summed E-state index contributed by atoms with van der Waals surface area (Å²) in [7, 11) is 0. The molecule has 2 aromatic heterocycles. The molecule has 10 heteroatoms. The summed E-state index contributed by atoms with van der Waals surface area (Å²) in [6.07, 6.45) is 5.19. The van der Waals surface area contributed by atoms with E-state index in [9.17, 15) is 13.6 Å². The van der Waals surface area contributed by atoms with Crippen molar-refractivity contribution >= 4 is 12.0 Å². The summed E-state index contributed by atoms with van der Waals surface area (Å²) in [5.41, 5.74) is 0.595. The van der Waals surface area contributed by atoms with Crippen LogP contribution in [0.4, 0.5) is 8.78 Å². The lowest BCUT2D eigenvalue weighted by atomic mass is 10.2. The van der Waals surface area contributed by atoms with Gasteiger partial charge < -0.3 is 23.2 Å². The molecule has 0 aliphatic carbocycles. The van der Waals surface area contributed by atoms with Crippen molar-refractivity contribution in [3.8, 4) is 23.1 Å². The van der Waals surface area contributed by atoms with Gasteiger partial charge in [-0.1, -0.05) is 13.0 Å². The third-order valence-electron chi connectivity index (χ3n) is 4.23. The van der Waals surface area contributed by atoms with Crippen LogP contribution in [0, 0.1) is 0 Å². The van der Waals surface area contributed by atoms with Crippen molar-refractivity contribution in [2.75, 3.05) is 13.2 Å². The maximum absolute atomic E-state index is 12.7. The largest absolute Gasteiger partial charge is 0.490 e. The molecule has 0 bridgehead atoms. The van der Waals surface area contributed by atoms with Crippen LogP contribution in [0.15, 0.2) is 51.5 Å². The highest BCUT2D eigenvalue weighted by atomic mass is 19.3. The van der Waals surface area contributed by atoms with Crippen LogP contribution in [0.1, 0.15) is 31.7 Å². The number of carbonyl (C=O) groups is 1. The minimum absolute atomic E-state index is 0.0679. The van der Waals surface area contributed by atoms with Gasteiger partial charge in [-0.15, -0.1) is 10.2 Å². The fraction of sp³-hybridized carbons (Fsp3) is 0.318. The normalized spacial score (nSPS) is 11.3. The molecule has 1 amide bonds. The van der Waals surface area contributed by atoms with Gasteiger partial charge in [-0.2, -0.15) is 8.78 Å². The van der Waals surface area contributed by atoms with Crippen LogP contribution in [0.2, 0.25) is 0 Å². The predicted molar refractivity (Wildman–Crippen MR) is 111 cm³/mol. The van der Waals surface area contributed by atoms with Crippen molar-refractivity contribution in [1.82, 2.24) is 15.1 Å². The molecule has 2 heterocycles. The van der Waals surface area contributed by atoms with Gasteiger partial charge >= 0.3 is 6.61 Å². The maximum atomic E-state index is 12.7. The number of nitrogens with zero attached hydrogens (tertiary/aromatic N) is 3. The highest BCUT2D eigenvalue weighted by Crippen LogP contribution is 2.30. The smallest absolute Gasteiger partial charge is 0.387 e. The van der Waals surface area contributed by atoms with Crippen molar-refractivity contribution in [2.45, 2.75) is 33.4 Å². The molecular weight excluding hydrogens is 424 g/mol. The van der Waals surface area contributed by atoms with Gasteiger partial charge in [0.2, 0.25) is 11.8 Å². The Kier molecular flexibility index (Phi) is 7.96.